The lowest BCUT2D eigenvalue weighted by Crippen LogP contribution is -2.37. The molecule has 1 heterocycles. The standard InChI is InChI=1S/C10H20N2O2S/c1-4-9-11-8(2)10(13)12(9)6-5-7-15(3)14/h8-9,11H,4-7H2,1-3H3. The van der Waals surface area contributed by atoms with Crippen molar-refractivity contribution in [3.8, 4) is 0 Å². The van der Waals surface area contributed by atoms with E-state index in [2.05, 4.69) is 12.2 Å². The predicted molar refractivity (Wildman–Crippen MR) is 61.9 cm³/mol. The highest BCUT2D eigenvalue weighted by Gasteiger charge is 2.34. The van der Waals surface area contributed by atoms with E-state index in [-0.39, 0.29) is 18.1 Å². The molecule has 1 N–H and O–H groups in total. The Bertz CT molecular complexity index is 258. The Balaban J connectivity index is 2.44. The quantitative estimate of drug-likeness (QED) is 0.742. The fourth-order valence-electron chi connectivity index (χ4n) is 1.89. The zero-order valence-electron chi connectivity index (χ0n) is 9.66. The number of rotatable bonds is 5. The van der Waals surface area contributed by atoms with Gasteiger partial charge in [0.15, 0.2) is 0 Å². The molecule has 5 heteroatoms. The highest BCUT2D eigenvalue weighted by Crippen LogP contribution is 2.13. The molecular formula is C10H20N2O2S. The second kappa shape index (κ2) is 5.61. The van der Waals surface area contributed by atoms with Crippen molar-refractivity contribution in [2.75, 3.05) is 18.6 Å². The highest BCUT2D eigenvalue weighted by atomic mass is 32.2. The first kappa shape index (κ1) is 12.6. The second-order valence-corrected chi connectivity index (χ2v) is 5.53. The minimum Gasteiger partial charge on any atom is -0.326 e. The molecule has 3 unspecified atom stereocenters. The summed E-state index contributed by atoms with van der Waals surface area (Å²) >= 11 is 0. The summed E-state index contributed by atoms with van der Waals surface area (Å²) < 4.78 is 10.9. The number of hydrogen-bond donors (Lipinski definition) is 1. The predicted octanol–water partition coefficient (Wildman–Crippen LogP) is 0.311. The Morgan fingerprint density at radius 1 is 1.53 bits per heavy atom. The fourth-order valence-corrected chi connectivity index (χ4v) is 2.43. The lowest BCUT2D eigenvalue weighted by Gasteiger charge is -2.22. The van der Waals surface area contributed by atoms with Crippen LogP contribution in [-0.4, -0.2) is 45.8 Å². The number of carbonyl (C=O) groups excluding carboxylic acids is 1. The molecule has 1 aliphatic rings. The molecule has 1 rings (SSSR count). The van der Waals surface area contributed by atoms with E-state index in [0.29, 0.717) is 12.3 Å². The zero-order valence-corrected chi connectivity index (χ0v) is 10.5. The summed E-state index contributed by atoms with van der Waals surface area (Å²) in [7, 11) is -0.757. The van der Waals surface area contributed by atoms with E-state index in [0.717, 1.165) is 12.8 Å². The summed E-state index contributed by atoms with van der Waals surface area (Å²) in [5.41, 5.74) is 0. The molecule has 88 valence electrons. The van der Waals surface area contributed by atoms with Crippen molar-refractivity contribution in [3.63, 3.8) is 0 Å². The van der Waals surface area contributed by atoms with Crippen molar-refractivity contribution in [1.82, 2.24) is 10.2 Å². The van der Waals surface area contributed by atoms with Crippen molar-refractivity contribution < 1.29 is 9.00 Å². The highest BCUT2D eigenvalue weighted by molar-refractivity contribution is 7.84. The first-order chi connectivity index (χ1) is 7.06. The molecule has 1 amide bonds. The maximum absolute atomic E-state index is 11.7. The Kier molecular flexibility index (Phi) is 4.73. The molecule has 0 saturated carbocycles. The third kappa shape index (κ3) is 3.28. The molecule has 0 bridgehead atoms. The van der Waals surface area contributed by atoms with Crippen LogP contribution in [0.25, 0.3) is 0 Å². The van der Waals surface area contributed by atoms with Gasteiger partial charge in [-0.2, -0.15) is 0 Å². The summed E-state index contributed by atoms with van der Waals surface area (Å²) in [6.45, 7) is 4.67. The van der Waals surface area contributed by atoms with Gasteiger partial charge in [0.1, 0.15) is 0 Å². The van der Waals surface area contributed by atoms with Gasteiger partial charge in [0.05, 0.1) is 12.2 Å². The topological polar surface area (TPSA) is 49.4 Å². The van der Waals surface area contributed by atoms with Gasteiger partial charge in [-0.05, 0) is 19.8 Å². The van der Waals surface area contributed by atoms with Gasteiger partial charge in [0.25, 0.3) is 0 Å². The van der Waals surface area contributed by atoms with Crippen LogP contribution in [0.1, 0.15) is 26.7 Å². The summed E-state index contributed by atoms with van der Waals surface area (Å²) in [5, 5.41) is 3.24. The number of nitrogens with one attached hydrogen (secondary N) is 1. The smallest absolute Gasteiger partial charge is 0.240 e. The molecular weight excluding hydrogens is 212 g/mol. The molecule has 4 nitrogen and oxygen atoms in total. The molecule has 0 aromatic heterocycles. The van der Waals surface area contributed by atoms with Crippen molar-refractivity contribution >= 4 is 16.7 Å². The molecule has 15 heavy (non-hydrogen) atoms. The van der Waals surface area contributed by atoms with Gasteiger partial charge in [-0.25, -0.2) is 0 Å². The van der Waals surface area contributed by atoms with E-state index in [9.17, 15) is 9.00 Å². The van der Waals surface area contributed by atoms with E-state index >= 15 is 0 Å². The minimum atomic E-state index is -0.757. The van der Waals surface area contributed by atoms with Gasteiger partial charge in [0.2, 0.25) is 5.91 Å². The van der Waals surface area contributed by atoms with Crippen molar-refractivity contribution in [2.45, 2.75) is 38.9 Å². The fraction of sp³-hybridized carbons (Fsp3) is 0.900. The van der Waals surface area contributed by atoms with Gasteiger partial charge in [0, 0.05) is 29.4 Å². The number of hydrogen-bond acceptors (Lipinski definition) is 3. The third-order valence-electron chi connectivity index (χ3n) is 2.69. The van der Waals surface area contributed by atoms with Crippen LogP contribution in [0.4, 0.5) is 0 Å². The lowest BCUT2D eigenvalue weighted by atomic mass is 10.3. The molecule has 1 saturated heterocycles. The largest absolute Gasteiger partial charge is 0.326 e. The van der Waals surface area contributed by atoms with E-state index in [4.69, 9.17) is 0 Å². The number of carbonyl (C=O) groups is 1. The van der Waals surface area contributed by atoms with Crippen LogP contribution in [0.5, 0.6) is 0 Å². The monoisotopic (exact) mass is 232 g/mol. The first-order valence-corrected chi connectivity index (χ1v) is 7.15. The normalized spacial score (nSPS) is 28.5. The number of amides is 1. The zero-order chi connectivity index (χ0) is 11.4. The maximum atomic E-state index is 11.7. The Morgan fingerprint density at radius 2 is 2.20 bits per heavy atom. The lowest BCUT2D eigenvalue weighted by molar-refractivity contribution is -0.129. The van der Waals surface area contributed by atoms with Crippen LogP contribution in [0.15, 0.2) is 0 Å². The molecule has 0 spiro atoms. The molecule has 0 aromatic carbocycles. The molecule has 0 aromatic rings. The van der Waals surface area contributed by atoms with Gasteiger partial charge >= 0.3 is 0 Å². The van der Waals surface area contributed by atoms with Crippen LogP contribution >= 0.6 is 0 Å². The van der Waals surface area contributed by atoms with Crippen molar-refractivity contribution in [1.29, 1.82) is 0 Å². The summed E-state index contributed by atoms with van der Waals surface area (Å²) in [6.07, 6.45) is 3.60. The Morgan fingerprint density at radius 3 is 2.73 bits per heavy atom. The van der Waals surface area contributed by atoms with Crippen LogP contribution in [-0.2, 0) is 15.6 Å². The maximum Gasteiger partial charge on any atom is 0.240 e. The Labute approximate surface area is 93.9 Å². The van der Waals surface area contributed by atoms with Crippen LogP contribution in [0.2, 0.25) is 0 Å². The summed E-state index contributed by atoms with van der Waals surface area (Å²) in [6, 6.07) is -0.0675. The third-order valence-corrected chi connectivity index (χ3v) is 3.55. The van der Waals surface area contributed by atoms with E-state index < -0.39 is 10.8 Å². The van der Waals surface area contributed by atoms with E-state index in [1.165, 1.54) is 0 Å². The second-order valence-electron chi connectivity index (χ2n) is 3.97. The molecule has 1 fully saturated rings. The van der Waals surface area contributed by atoms with Crippen LogP contribution in [0, 0.1) is 0 Å². The van der Waals surface area contributed by atoms with Crippen molar-refractivity contribution in [3.05, 3.63) is 0 Å². The van der Waals surface area contributed by atoms with E-state index in [1.54, 1.807) is 6.26 Å². The van der Waals surface area contributed by atoms with Gasteiger partial charge in [-0.3, -0.25) is 14.3 Å². The van der Waals surface area contributed by atoms with Crippen LogP contribution in [0.3, 0.4) is 0 Å². The SMILES string of the molecule is CCC1NC(C)C(=O)N1CCCS(C)=O. The summed E-state index contributed by atoms with van der Waals surface area (Å²) in [4.78, 5) is 13.6. The number of nitrogens with zero attached hydrogens (tertiary/aromatic N) is 1. The molecule has 0 radical (unpaired) electrons. The molecule has 3 atom stereocenters. The summed E-state index contributed by atoms with van der Waals surface area (Å²) in [5.74, 6) is 0.845. The minimum absolute atomic E-state index is 0.0675. The van der Waals surface area contributed by atoms with E-state index in [1.807, 2.05) is 11.8 Å². The average molecular weight is 232 g/mol. The Hall–Kier alpha value is -0.420. The van der Waals surface area contributed by atoms with Crippen LogP contribution < -0.4 is 5.32 Å². The molecule has 1 aliphatic heterocycles. The first-order valence-electron chi connectivity index (χ1n) is 5.42. The van der Waals surface area contributed by atoms with Gasteiger partial charge in [-0.15, -0.1) is 0 Å². The van der Waals surface area contributed by atoms with Gasteiger partial charge in [-0.1, -0.05) is 6.92 Å². The average Bonchev–Trinajstić information content (AvgIpc) is 2.44. The van der Waals surface area contributed by atoms with Gasteiger partial charge < -0.3 is 4.90 Å². The van der Waals surface area contributed by atoms with Crippen molar-refractivity contribution in [2.24, 2.45) is 0 Å². The molecule has 0 aliphatic carbocycles.